The number of benzene rings is 1. The number of hydrogen-bond acceptors (Lipinski definition) is 4. The van der Waals surface area contributed by atoms with Gasteiger partial charge in [0.05, 0.1) is 6.04 Å². The molecule has 1 aliphatic heterocycles. The highest BCUT2D eigenvalue weighted by Gasteiger charge is 2.34. The van der Waals surface area contributed by atoms with Crippen molar-refractivity contribution in [2.45, 2.75) is 25.0 Å². The number of carbonyl (C=O) groups is 2. The van der Waals surface area contributed by atoms with E-state index in [2.05, 4.69) is 10.6 Å². The monoisotopic (exact) mass is 339 g/mol. The first-order valence-electron chi connectivity index (χ1n) is 7.51. The van der Waals surface area contributed by atoms with Gasteiger partial charge in [-0.15, -0.1) is 0 Å². The molecular formula is C16H22ClN3O3. The van der Waals surface area contributed by atoms with Crippen LogP contribution in [0.15, 0.2) is 24.3 Å². The number of nitrogens with one attached hydrogen (secondary N) is 2. The fraction of sp³-hybridized carbons (Fsp3) is 0.500. The molecule has 1 heterocycles. The van der Waals surface area contributed by atoms with Crippen molar-refractivity contribution in [2.75, 3.05) is 27.3 Å². The van der Waals surface area contributed by atoms with Crippen LogP contribution in [0.5, 0.6) is 0 Å². The molecule has 2 amide bonds. The summed E-state index contributed by atoms with van der Waals surface area (Å²) in [6.07, 6.45) is 0.584. The van der Waals surface area contributed by atoms with Crippen LogP contribution in [0.2, 0.25) is 5.02 Å². The van der Waals surface area contributed by atoms with E-state index in [0.717, 1.165) is 5.56 Å². The normalized spacial score (nSPS) is 21.2. The van der Waals surface area contributed by atoms with E-state index in [-0.39, 0.29) is 30.5 Å². The third kappa shape index (κ3) is 4.92. The Morgan fingerprint density at radius 3 is 2.83 bits per heavy atom. The zero-order valence-corrected chi connectivity index (χ0v) is 14.1. The number of likely N-dealkylation sites (tertiary alicyclic amines) is 1. The Morgan fingerprint density at radius 2 is 2.13 bits per heavy atom. The highest BCUT2D eigenvalue weighted by atomic mass is 35.5. The van der Waals surface area contributed by atoms with Gasteiger partial charge < -0.3 is 15.4 Å². The lowest BCUT2D eigenvalue weighted by Gasteiger charge is -2.18. The average Bonchev–Trinajstić information content (AvgIpc) is 2.87. The zero-order chi connectivity index (χ0) is 16.8. The topological polar surface area (TPSA) is 70.7 Å². The van der Waals surface area contributed by atoms with Gasteiger partial charge in [-0.05, 0) is 25.1 Å². The van der Waals surface area contributed by atoms with Crippen molar-refractivity contribution in [2.24, 2.45) is 0 Å². The number of carbonyl (C=O) groups excluding carboxylic acids is 2. The number of nitrogens with zero attached hydrogens (tertiary/aromatic N) is 1. The molecule has 0 spiro atoms. The van der Waals surface area contributed by atoms with Gasteiger partial charge in [0.25, 0.3) is 0 Å². The van der Waals surface area contributed by atoms with Crippen molar-refractivity contribution in [3.8, 4) is 0 Å². The van der Waals surface area contributed by atoms with Gasteiger partial charge in [-0.25, -0.2) is 0 Å². The van der Waals surface area contributed by atoms with Crippen LogP contribution in [0.25, 0.3) is 0 Å². The van der Waals surface area contributed by atoms with Crippen molar-refractivity contribution in [3.63, 3.8) is 0 Å². The van der Waals surface area contributed by atoms with Crippen LogP contribution in [0.4, 0.5) is 0 Å². The van der Waals surface area contributed by atoms with Gasteiger partial charge in [-0.1, -0.05) is 29.8 Å². The minimum atomic E-state index is -0.259. The van der Waals surface area contributed by atoms with Crippen LogP contribution in [-0.2, 0) is 20.9 Å². The lowest BCUT2D eigenvalue weighted by Crippen LogP contribution is -2.41. The van der Waals surface area contributed by atoms with E-state index in [0.29, 0.717) is 24.5 Å². The van der Waals surface area contributed by atoms with Crippen molar-refractivity contribution in [1.29, 1.82) is 0 Å². The smallest absolute Gasteiger partial charge is 0.246 e. The third-order valence-corrected chi connectivity index (χ3v) is 4.27. The lowest BCUT2D eigenvalue weighted by molar-refractivity contribution is -0.126. The highest BCUT2D eigenvalue weighted by Crippen LogP contribution is 2.17. The molecule has 2 atom stereocenters. The summed E-state index contributed by atoms with van der Waals surface area (Å²) >= 11 is 6.09. The predicted octanol–water partition coefficient (Wildman–Crippen LogP) is 0.792. The molecule has 1 aromatic carbocycles. The van der Waals surface area contributed by atoms with Crippen molar-refractivity contribution >= 4 is 23.4 Å². The summed E-state index contributed by atoms with van der Waals surface area (Å²) in [4.78, 5) is 25.9. The molecule has 1 aromatic rings. The molecule has 0 aliphatic carbocycles. The largest absolute Gasteiger partial charge is 0.375 e. The SMILES string of the molecule is COCC(=O)N[C@H]1C[C@@H](C(=O)NCc2ccccc2Cl)N(C)C1. The first-order chi connectivity index (χ1) is 11.0. The Labute approximate surface area is 141 Å². The Balaban J connectivity index is 1.85. The maximum Gasteiger partial charge on any atom is 0.246 e. The van der Waals surface area contributed by atoms with E-state index < -0.39 is 0 Å². The second-order valence-corrected chi connectivity index (χ2v) is 6.10. The molecule has 0 unspecified atom stereocenters. The first kappa shape index (κ1) is 17.7. The van der Waals surface area contributed by atoms with E-state index >= 15 is 0 Å². The van der Waals surface area contributed by atoms with E-state index in [1.54, 1.807) is 6.07 Å². The van der Waals surface area contributed by atoms with Crippen LogP contribution >= 0.6 is 11.6 Å². The maximum atomic E-state index is 12.4. The van der Waals surface area contributed by atoms with E-state index in [1.165, 1.54) is 7.11 Å². The zero-order valence-electron chi connectivity index (χ0n) is 13.3. The average molecular weight is 340 g/mol. The minimum Gasteiger partial charge on any atom is -0.375 e. The lowest BCUT2D eigenvalue weighted by atomic mass is 10.1. The van der Waals surface area contributed by atoms with Crippen molar-refractivity contribution in [3.05, 3.63) is 34.9 Å². The summed E-state index contributed by atoms with van der Waals surface area (Å²) in [6, 6.07) is 7.12. The van der Waals surface area contributed by atoms with Gasteiger partial charge in [-0.2, -0.15) is 0 Å². The van der Waals surface area contributed by atoms with Gasteiger partial charge in [-0.3, -0.25) is 14.5 Å². The molecule has 1 aliphatic rings. The summed E-state index contributed by atoms with van der Waals surface area (Å²) in [6.45, 7) is 1.06. The molecule has 1 fully saturated rings. The molecule has 1 saturated heterocycles. The van der Waals surface area contributed by atoms with Gasteiger partial charge in [0.15, 0.2) is 0 Å². The highest BCUT2D eigenvalue weighted by molar-refractivity contribution is 6.31. The van der Waals surface area contributed by atoms with Crippen LogP contribution in [-0.4, -0.2) is 56.1 Å². The fourth-order valence-corrected chi connectivity index (χ4v) is 2.96. The van der Waals surface area contributed by atoms with Gasteiger partial charge in [0.2, 0.25) is 11.8 Å². The maximum absolute atomic E-state index is 12.4. The van der Waals surface area contributed by atoms with Gasteiger partial charge in [0.1, 0.15) is 6.61 Å². The van der Waals surface area contributed by atoms with Crippen molar-refractivity contribution < 1.29 is 14.3 Å². The Hall–Kier alpha value is -1.63. The quantitative estimate of drug-likeness (QED) is 0.804. The summed E-state index contributed by atoms with van der Waals surface area (Å²) in [7, 11) is 3.35. The first-order valence-corrected chi connectivity index (χ1v) is 7.88. The Morgan fingerprint density at radius 1 is 1.39 bits per heavy atom. The number of amides is 2. The molecule has 2 N–H and O–H groups in total. The molecule has 0 aromatic heterocycles. The van der Waals surface area contributed by atoms with Crippen LogP contribution in [0.3, 0.4) is 0 Å². The molecule has 6 nitrogen and oxygen atoms in total. The van der Waals surface area contributed by atoms with Crippen LogP contribution < -0.4 is 10.6 Å². The minimum absolute atomic E-state index is 0.0313. The van der Waals surface area contributed by atoms with Crippen LogP contribution in [0.1, 0.15) is 12.0 Å². The number of methoxy groups -OCH3 is 1. The van der Waals surface area contributed by atoms with E-state index in [1.807, 2.05) is 30.1 Å². The molecule has 7 heteroatoms. The second-order valence-electron chi connectivity index (χ2n) is 5.70. The number of ether oxygens (including phenoxy) is 1. The molecule has 0 saturated carbocycles. The standard InChI is InChI=1S/C16H22ClN3O3/c1-20-9-12(19-15(21)10-23-2)7-14(20)16(22)18-8-11-5-3-4-6-13(11)17/h3-6,12,14H,7-10H2,1-2H3,(H,18,22)(H,19,21)/t12-,14-/m0/s1. The summed E-state index contributed by atoms with van der Waals surface area (Å²) in [5.41, 5.74) is 0.883. The number of rotatable bonds is 6. The Kier molecular flexibility index (Phi) is 6.38. The third-order valence-electron chi connectivity index (χ3n) is 3.90. The van der Waals surface area contributed by atoms with Gasteiger partial charge in [0, 0.05) is 31.3 Å². The molecule has 0 bridgehead atoms. The molecule has 23 heavy (non-hydrogen) atoms. The van der Waals surface area contributed by atoms with Crippen molar-refractivity contribution in [1.82, 2.24) is 15.5 Å². The summed E-state index contributed by atoms with van der Waals surface area (Å²) in [5.74, 6) is -0.223. The number of halogens is 1. The van der Waals surface area contributed by atoms with E-state index in [9.17, 15) is 9.59 Å². The molecule has 126 valence electrons. The van der Waals surface area contributed by atoms with Crippen LogP contribution in [0, 0.1) is 0 Å². The fourth-order valence-electron chi connectivity index (χ4n) is 2.75. The molecule has 2 rings (SSSR count). The summed E-state index contributed by atoms with van der Waals surface area (Å²) < 4.78 is 4.80. The summed E-state index contributed by atoms with van der Waals surface area (Å²) in [5, 5.41) is 6.42. The second kappa shape index (κ2) is 8.29. The predicted molar refractivity (Wildman–Crippen MR) is 88.1 cm³/mol. The molecular weight excluding hydrogens is 318 g/mol. The Bertz CT molecular complexity index is 567. The molecule has 0 radical (unpaired) electrons. The van der Waals surface area contributed by atoms with E-state index in [4.69, 9.17) is 16.3 Å². The number of likely N-dealkylation sites (N-methyl/N-ethyl adjacent to an activating group) is 1. The number of hydrogen-bond donors (Lipinski definition) is 2. The van der Waals surface area contributed by atoms with Gasteiger partial charge >= 0.3 is 0 Å².